The van der Waals surface area contributed by atoms with Crippen LogP contribution < -0.4 is 10.6 Å². The predicted molar refractivity (Wildman–Crippen MR) is 98.5 cm³/mol. The summed E-state index contributed by atoms with van der Waals surface area (Å²) >= 11 is 0. The van der Waals surface area contributed by atoms with Crippen molar-refractivity contribution in [3.63, 3.8) is 0 Å². The van der Waals surface area contributed by atoms with Crippen LogP contribution in [0.25, 0.3) is 0 Å². The van der Waals surface area contributed by atoms with Crippen LogP contribution in [0.15, 0.2) is 4.99 Å². The number of rotatable bonds is 10. The molecule has 1 unspecified atom stereocenters. The number of morpholine rings is 1. The van der Waals surface area contributed by atoms with Crippen molar-refractivity contribution in [1.82, 2.24) is 15.5 Å². The number of hydrogen-bond donors (Lipinski definition) is 2. The molecule has 0 amide bonds. The van der Waals surface area contributed by atoms with Crippen molar-refractivity contribution >= 4 is 5.96 Å². The van der Waals surface area contributed by atoms with Gasteiger partial charge >= 0.3 is 0 Å². The van der Waals surface area contributed by atoms with Crippen LogP contribution in [0.5, 0.6) is 0 Å². The van der Waals surface area contributed by atoms with Gasteiger partial charge in [0.2, 0.25) is 0 Å². The largest absolute Gasteiger partial charge is 0.379 e. The van der Waals surface area contributed by atoms with Crippen molar-refractivity contribution in [1.29, 1.82) is 0 Å². The summed E-state index contributed by atoms with van der Waals surface area (Å²) < 4.78 is 11.5. The van der Waals surface area contributed by atoms with E-state index in [1.807, 2.05) is 0 Å². The molecule has 0 aromatic carbocycles. The van der Waals surface area contributed by atoms with Gasteiger partial charge in [0.25, 0.3) is 0 Å². The van der Waals surface area contributed by atoms with Gasteiger partial charge in [0.15, 0.2) is 5.96 Å². The fraction of sp³-hybridized carbons (Fsp3) is 0.944. The Labute approximate surface area is 147 Å². The maximum atomic E-state index is 5.87. The van der Waals surface area contributed by atoms with Crippen LogP contribution in [0, 0.1) is 11.8 Å². The van der Waals surface area contributed by atoms with Crippen LogP contribution in [0.1, 0.15) is 33.6 Å². The highest BCUT2D eigenvalue weighted by molar-refractivity contribution is 5.79. The van der Waals surface area contributed by atoms with E-state index in [9.17, 15) is 0 Å². The molecule has 140 valence electrons. The molecule has 0 spiro atoms. The fourth-order valence-corrected chi connectivity index (χ4v) is 2.88. The lowest BCUT2D eigenvalue weighted by molar-refractivity contribution is -0.0261. The summed E-state index contributed by atoms with van der Waals surface area (Å²) in [4.78, 5) is 7.17. The highest BCUT2D eigenvalue weighted by Gasteiger charge is 2.21. The van der Waals surface area contributed by atoms with Gasteiger partial charge in [0.05, 0.1) is 25.9 Å². The van der Waals surface area contributed by atoms with Gasteiger partial charge in [-0.3, -0.25) is 9.89 Å². The van der Waals surface area contributed by atoms with Gasteiger partial charge in [0.1, 0.15) is 0 Å². The highest BCUT2D eigenvalue weighted by Crippen LogP contribution is 2.28. The molecule has 0 aromatic heterocycles. The lowest BCUT2D eigenvalue weighted by Gasteiger charge is -2.33. The van der Waals surface area contributed by atoms with E-state index in [0.29, 0.717) is 12.5 Å². The van der Waals surface area contributed by atoms with Crippen molar-refractivity contribution in [2.75, 3.05) is 59.1 Å². The molecule has 2 aliphatic rings. The maximum Gasteiger partial charge on any atom is 0.191 e. The van der Waals surface area contributed by atoms with E-state index in [0.717, 1.165) is 64.4 Å². The quantitative estimate of drug-likeness (QED) is 0.357. The summed E-state index contributed by atoms with van der Waals surface area (Å²) in [6.07, 6.45) is 2.87. The van der Waals surface area contributed by atoms with E-state index >= 15 is 0 Å². The molecule has 0 radical (unpaired) electrons. The maximum absolute atomic E-state index is 5.87. The second-order valence-corrected chi connectivity index (χ2v) is 7.31. The van der Waals surface area contributed by atoms with Gasteiger partial charge in [-0.25, -0.2) is 0 Å². The van der Waals surface area contributed by atoms with Crippen molar-refractivity contribution in [2.24, 2.45) is 16.8 Å². The summed E-state index contributed by atoms with van der Waals surface area (Å²) in [5, 5.41) is 6.63. The molecule has 2 rings (SSSR count). The van der Waals surface area contributed by atoms with Gasteiger partial charge in [0, 0.05) is 39.3 Å². The second-order valence-electron chi connectivity index (χ2n) is 7.31. The van der Waals surface area contributed by atoms with Gasteiger partial charge in [-0.05, 0) is 31.6 Å². The van der Waals surface area contributed by atoms with Gasteiger partial charge in [-0.2, -0.15) is 0 Å². The third kappa shape index (κ3) is 8.31. The Morgan fingerprint density at radius 3 is 2.88 bits per heavy atom. The van der Waals surface area contributed by atoms with E-state index in [1.54, 1.807) is 0 Å². The Hall–Kier alpha value is -0.850. The van der Waals surface area contributed by atoms with E-state index in [2.05, 4.69) is 41.3 Å². The van der Waals surface area contributed by atoms with Gasteiger partial charge in [-0.15, -0.1) is 0 Å². The van der Waals surface area contributed by atoms with E-state index in [-0.39, 0.29) is 6.10 Å². The first-order valence-corrected chi connectivity index (χ1v) is 9.61. The number of guanidine groups is 1. The van der Waals surface area contributed by atoms with Crippen LogP contribution in [0.3, 0.4) is 0 Å². The second kappa shape index (κ2) is 10.9. The van der Waals surface area contributed by atoms with Gasteiger partial charge < -0.3 is 20.1 Å². The molecule has 1 atom stereocenters. The summed E-state index contributed by atoms with van der Waals surface area (Å²) in [6.45, 7) is 14.6. The zero-order valence-electron chi connectivity index (χ0n) is 15.7. The molecule has 1 aliphatic carbocycles. The molecule has 1 aliphatic heterocycles. The van der Waals surface area contributed by atoms with Gasteiger partial charge in [-0.1, -0.05) is 13.8 Å². The van der Waals surface area contributed by atoms with E-state index < -0.39 is 0 Å². The molecule has 24 heavy (non-hydrogen) atoms. The number of aliphatic imine (C=N–C) groups is 1. The van der Waals surface area contributed by atoms with E-state index in [1.165, 1.54) is 12.8 Å². The average molecular weight is 341 g/mol. The van der Waals surface area contributed by atoms with Crippen LogP contribution in [-0.2, 0) is 9.47 Å². The molecular weight excluding hydrogens is 304 g/mol. The minimum Gasteiger partial charge on any atom is -0.379 e. The average Bonchev–Trinajstić information content (AvgIpc) is 3.36. The molecule has 6 nitrogen and oxygen atoms in total. The van der Waals surface area contributed by atoms with Crippen molar-refractivity contribution in [3.8, 4) is 0 Å². The molecule has 0 aromatic rings. The third-order valence-electron chi connectivity index (χ3n) is 4.23. The first kappa shape index (κ1) is 19.5. The smallest absolute Gasteiger partial charge is 0.191 e. The molecule has 2 N–H and O–H groups in total. The zero-order chi connectivity index (χ0) is 17.2. The Kier molecular flexibility index (Phi) is 8.84. The highest BCUT2D eigenvalue weighted by atomic mass is 16.5. The van der Waals surface area contributed by atoms with Crippen molar-refractivity contribution in [2.45, 2.75) is 39.7 Å². The van der Waals surface area contributed by atoms with Crippen LogP contribution in [0.2, 0.25) is 0 Å². The standard InChI is InChI=1S/C18H36N4O2/c1-4-19-18(20-7-9-23-14-16-5-6-16)21-11-17-13-22(8-10-24-17)12-15(2)3/h15-17H,4-14H2,1-3H3,(H2,19,20,21). The number of ether oxygens (including phenoxy) is 2. The van der Waals surface area contributed by atoms with E-state index in [4.69, 9.17) is 9.47 Å². The summed E-state index contributed by atoms with van der Waals surface area (Å²) in [5.74, 6) is 2.38. The monoisotopic (exact) mass is 340 g/mol. The summed E-state index contributed by atoms with van der Waals surface area (Å²) in [6, 6.07) is 0. The summed E-state index contributed by atoms with van der Waals surface area (Å²) in [7, 11) is 0. The fourth-order valence-electron chi connectivity index (χ4n) is 2.88. The molecule has 0 bridgehead atoms. The molecule has 6 heteroatoms. The first-order chi connectivity index (χ1) is 11.7. The minimum atomic E-state index is 0.194. The molecule has 1 saturated carbocycles. The Bertz CT molecular complexity index is 372. The normalized spacial score (nSPS) is 22.8. The Morgan fingerprint density at radius 2 is 2.17 bits per heavy atom. The lowest BCUT2D eigenvalue weighted by Crippen LogP contribution is -2.46. The Balaban J connectivity index is 1.66. The molecule has 1 heterocycles. The van der Waals surface area contributed by atoms with Crippen molar-refractivity contribution < 1.29 is 9.47 Å². The first-order valence-electron chi connectivity index (χ1n) is 9.61. The number of nitrogens with zero attached hydrogens (tertiary/aromatic N) is 2. The minimum absolute atomic E-state index is 0.194. The Morgan fingerprint density at radius 1 is 1.33 bits per heavy atom. The molecule has 2 fully saturated rings. The molecular formula is C18H36N4O2. The number of nitrogens with one attached hydrogen (secondary N) is 2. The van der Waals surface area contributed by atoms with Crippen LogP contribution in [0.4, 0.5) is 0 Å². The molecule has 1 saturated heterocycles. The lowest BCUT2D eigenvalue weighted by atomic mass is 10.2. The topological polar surface area (TPSA) is 58.1 Å². The number of hydrogen-bond acceptors (Lipinski definition) is 4. The predicted octanol–water partition coefficient (Wildman–Crippen LogP) is 1.32. The zero-order valence-corrected chi connectivity index (χ0v) is 15.7. The SMILES string of the molecule is CCNC(=NCC1CN(CC(C)C)CCO1)NCCOCC1CC1. The van der Waals surface area contributed by atoms with Crippen LogP contribution in [-0.4, -0.2) is 76.1 Å². The van der Waals surface area contributed by atoms with Crippen molar-refractivity contribution in [3.05, 3.63) is 0 Å². The summed E-state index contributed by atoms with van der Waals surface area (Å²) in [5.41, 5.74) is 0. The third-order valence-corrected chi connectivity index (χ3v) is 4.23. The van der Waals surface area contributed by atoms with Crippen LogP contribution >= 0.6 is 0 Å².